The molecular weight excluding hydrogens is 357 g/mol. The summed E-state index contributed by atoms with van der Waals surface area (Å²) >= 11 is 1.67. The topological polar surface area (TPSA) is 86.3 Å². The zero-order chi connectivity index (χ0) is 18.9. The van der Waals surface area contributed by atoms with E-state index in [-0.39, 0.29) is 22.8 Å². The summed E-state index contributed by atoms with van der Waals surface area (Å²) in [5.41, 5.74) is -0.255. The van der Waals surface area contributed by atoms with Crippen molar-refractivity contribution in [3.63, 3.8) is 0 Å². The van der Waals surface area contributed by atoms with Crippen molar-refractivity contribution in [3.05, 3.63) is 57.5 Å². The van der Waals surface area contributed by atoms with Crippen molar-refractivity contribution in [1.29, 1.82) is 0 Å². The summed E-state index contributed by atoms with van der Waals surface area (Å²) in [4.78, 5) is 33.1. The quantitative estimate of drug-likeness (QED) is 0.855. The SMILES string of the molecule is CN(Cc1ccc(F)cc1)C(=O)c1nc(C2(C)CCCS2)[nH]c(=O)c1O. The van der Waals surface area contributed by atoms with Crippen LogP contribution in [0.15, 0.2) is 29.1 Å². The molecule has 3 rings (SSSR count). The second-order valence-electron chi connectivity index (χ2n) is 6.58. The highest BCUT2D eigenvalue weighted by Gasteiger charge is 2.35. The monoisotopic (exact) mass is 377 g/mol. The van der Waals surface area contributed by atoms with Gasteiger partial charge >= 0.3 is 0 Å². The molecule has 26 heavy (non-hydrogen) atoms. The lowest BCUT2D eigenvalue weighted by Gasteiger charge is -2.23. The molecule has 2 heterocycles. The minimum atomic E-state index is -0.720. The van der Waals surface area contributed by atoms with Crippen LogP contribution in [0.4, 0.5) is 4.39 Å². The fourth-order valence-electron chi connectivity index (χ4n) is 2.95. The molecule has 0 radical (unpaired) electrons. The smallest absolute Gasteiger partial charge is 0.293 e. The van der Waals surface area contributed by atoms with Crippen LogP contribution in [0.25, 0.3) is 0 Å². The number of amides is 1. The number of carbonyl (C=O) groups is 1. The van der Waals surface area contributed by atoms with Crippen molar-refractivity contribution in [2.45, 2.75) is 31.1 Å². The number of aromatic hydroxyl groups is 1. The number of hydrogen-bond acceptors (Lipinski definition) is 5. The molecule has 0 aliphatic carbocycles. The maximum atomic E-state index is 13.0. The maximum absolute atomic E-state index is 13.0. The summed E-state index contributed by atoms with van der Waals surface area (Å²) in [6.45, 7) is 2.17. The van der Waals surface area contributed by atoms with Gasteiger partial charge in [-0.15, -0.1) is 11.8 Å². The Bertz CT molecular complexity index is 876. The van der Waals surface area contributed by atoms with Gasteiger partial charge in [0.2, 0.25) is 5.75 Å². The predicted molar refractivity (Wildman–Crippen MR) is 97.8 cm³/mol. The van der Waals surface area contributed by atoms with Gasteiger partial charge in [-0.05, 0) is 43.2 Å². The maximum Gasteiger partial charge on any atom is 0.293 e. The normalized spacial score (nSPS) is 19.5. The summed E-state index contributed by atoms with van der Waals surface area (Å²) in [6.07, 6.45) is 1.84. The Morgan fingerprint density at radius 2 is 2.12 bits per heavy atom. The van der Waals surface area contributed by atoms with Crippen molar-refractivity contribution in [2.75, 3.05) is 12.8 Å². The lowest BCUT2D eigenvalue weighted by Crippen LogP contribution is -2.31. The van der Waals surface area contributed by atoms with E-state index in [4.69, 9.17) is 0 Å². The van der Waals surface area contributed by atoms with Crippen LogP contribution in [0.5, 0.6) is 5.75 Å². The van der Waals surface area contributed by atoms with E-state index in [1.807, 2.05) is 6.92 Å². The molecule has 1 aromatic heterocycles. The number of hydrogen-bond donors (Lipinski definition) is 2. The summed E-state index contributed by atoms with van der Waals surface area (Å²) in [7, 11) is 1.54. The molecule has 0 bridgehead atoms. The van der Waals surface area contributed by atoms with Crippen LogP contribution in [0.3, 0.4) is 0 Å². The van der Waals surface area contributed by atoms with Crippen molar-refractivity contribution in [3.8, 4) is 5.75 Å². The number of H-pyrrole nitrogens is 1. The van der Waals surface area contributed by atoms with E-state index in [0.717, 1.165) is 24.2 Å². The molecular formula is C18H20FN3O3S. The zero-order valence-electron chi connectivity index (χ0n) is 14.6. The lowest BCUT2D eigenvalue weighted by molar-refractivity contribution is 0.0774. The Kier molecular flexibility index (Phi) is 5.04. The van der Waals surface area contributed by atoms with E-state index in [2.05, 4.69) is 9.97 Å². The zero-order valence-corrected chi connectivity index (χ0v) is 15.4. The second kappa shape index (κ2) is 7.11. The van der Waals surface area contributed by atoms with Crippen molar-refractivity contribution >= 4 is 17.7 Å². The molecule has 8 heteroatoms. The standard InChI is InChI=1S/C18H20FN3O3S/c1-18(8-3-9-26-18)17-20-13(14(23)15(24)21-17)16(25)22(2)10-11-4-6-12(19)7-5-11/h4-7,23H,3,8-10H2,1-2H3,(H,20,21,24). The van der Waals surface area contributed by atoms with E-state index < -0.39 is 17.2 Å². The average Bonchev–Trinajstić information content (AvgIpc) is 3.06. The van der Waals surface area contributed by atoms with Gasteiger partial charge in [0.1, 0.15) is 11.6 Å². The highest BCUT2D eigenvalue weighted by atomic mass is 32.2. The van der Waals surface area contributed by atoms with E-state index in [0.29, 0.717) is 5.82 Å². The molecule has 1 aliphatic rings. The van der Waals surface area contributed by atoms with Gasteiger partial charge in [0, 0.05) is 13.6 Å². The molecule has 1 saturated heterocycles. The summed E-state index contributed by atoms with van der Waals surface area (Å²) in [5.74, 6) is -0.249. The first-order valence-corrected chi connectivity index (χ1v) is 9.26. The molecule has 1 atom stereocenters. The first kappa shape index (κ1) is 18.4. The Hall–Kier alpha value is -2.35. The summed E-state index contributed by atoms with van der Waals surface area (Å²) in [5, 5.41) is 10.1. The largest absolute Gasteiger partial charge is 0.501 e. The van der Waals surface area contributed by atoms with Crippen molar-refractivity contribution in [2.24, 2.45) is 0 Å². The molecule has 138 valence electrons. The first-order valence-electron chi connectivity index (χ1n) is 8.28. The molecule has 1 amide bonds. The Morgan fingerprint density at radius 1 is 1.42 bits per heavy atom. The second-order valence-corrected chi connectivity index (χ2v) is 8.18. The predicted octanol–water partition coefficient (Wildman–Crippen LogP) is 2.63. The van der Waals surface area contributed by atoms with Gasteiger partial charge in [0.05, 0.1) is 4.75 Å². The van der Waals surface area contributed by atoms with Crippen LogP contribution in [-0.4, -0.2) is 38.7 Å². The van der Waals surface area contributed by atoms with E-state index >= 15 is 0 Å². The van der Waals surface area contributed by atoms with Gasteiger partial charge in [-0.1, -0.05) is 12.1 Å². The number of benzene rings is 1. The van der Waals surface area contributed by atoms with Gasteiger partial charge < -0.3 is 15.0 Å². The van der Waals surface area contributed by atoms with Gasteiger partial charge in [-0.25, -0.2) is 9.37 Å². The van der Waals surface area contributed by atoms with Crippen LogP contribution >= 0.6 is 11.8 Å². The molecule has 1 aromatic carbocycles. The fourth-order valence-corrected chi connectivity index (χ4v) is 4.21. The number of aromatic amines is 1. The number of rotatable bonds is 4. The number of aromatic nitrogens is 2. The highest BCUT2D eigenvalue weighted by molar-refractivity contribution is 8.00. The van der Waals surface area contributed by atoms with Crippen LogP contribution in [0, 0.1) is 5.82 Å². The third kappa shape index (κ3) is 3.60. The molecule has 6 nitrogen and oxygen atoms in total. The third-order valence-electron chi connectivity index (χ3n) is 4.50. The number of nitrogens with zero attached hydrogens (tertiary/aromatic N) is 2. The summed E-state index contributed by atoms with van der Waals surface area (Å²) < 4.78 is 12.6. The fraction of sp³-hybridized carbons (Fsp3) is 0.389. The molecule has 1 unspecified atom stereocenters. The molecule has 0 spiro atoms. The third-order valence-corrected chi connectivity index (χ3v) is 6.02. The van der Waals surface area contributed by atoms with Gasteiger partial charge in [-0.3, -0.25) is 9.59 Å². The molecule has 0 saturated carbocycles. The Labute approximate surface area is 154 Å². The number of nitrogens with one attached hydrogen (secondary N) is 1. The first-order chi connectivity index (χ1) is 12.3. The van der Waals surface area contributed by atoms with Crippen molar-refractivity contribution in [1.82, 2.24) is 14.9 Å². The number of halogens is 1. The van der Waals surface area contributed by atoms with Crippen LogP contribution < -0.4 is 5.56 Å². The van der Waals surface area contributed by atoms with E-state index in [9.17, 15) is 19.1 Å². The van der Waals surface area contributed by atoms with Gasteiger partial charge in [0.25, 0.3) is 11.5 Å². The van der Waals surface area contributed by atoms with Crippen LogP contribution in [-0.2, 0) is 11.3 Å². The van der Waals surface area contributed by atoms with Gasteiger partial charge in [-0.2, -0.15) is 0 Å². The average molecular weight is 377 g/mol. The minimum absolute atomic E-state index is 0.203. The highest BCUT2D eigenvalue weighted by Crippen LogP contribution is 2.44. The van der Waals surface area contributed by atoms with Gasteiger partial charge in [0.15, 0.2) is 5.69 Å². The van der Waals surface area contributed by atoms with Crippen molar-refractivity contribution < 1.29 is 14.3 Å². The van der Waals surface area contributed by atoms with Crippen LogP contribution in [0.2, 0.25) is 0 Å². The molecule has 1 fully saturated rings. The number of carbonyl (C=O) groups excluding carboxylic acids is 1. The Balaban J connectivity index is 1.89. The molecule has 1 aliphatic heterocycles. The molecule has 2 aromatic rings. The van der Waals surface area contributed by atoms with E-state index in [1.54, 1.807) is 30.9 Å². The Morgan fingerprint density at radius 3 is 2.73 bits per heavy atom. The molecule has 2 N–H and O–H groups in total. The summed E-state index contributed by atoms with van der Waals surface area (Å²) in [6, 6.07) is 5.78. The minimum Gasteiger partial charge on any atom is -0.501 e. The lowest BCUT2D eigenvalue weighted by atomic mass is 10.0. The van der Waals surface area contributed by atoms with Crippen LogP contribution in [0.1, 0.15) is 41.6 Å². The number of thioether (sulfide) groups is 1. The van der Waals surface area contributed by atoms with E-state index in [1.165, 1.54) is 17.0 Å².